The number of pyridine rings is 1. The van der Waals surface area contributed by atoms with Crippen molar-refractivity contribution in [3.05, 3.63) is 24.4 Å². The maximum Gasteiger partial charge on any atom is 0.250 e. The molecule has 0 unspecified atom stereocenters. The summed E-state index contributed by atoms with van der Waals surface area (Å²) < 4.78 is 28.5. The Balaban J connectivity index is 2.05. The van der Waals surface area contributed by atoms with Crippen LogP contribution in [-0.2, 0) is 0 Å². The van der Waals surface area contributed by atoms with E-state index in [2.05, 4.69) is 10.3 Å². The lowest BCUT2D eigenvalue weighted by atomic mass is 10.5. The summed E-state index contributed by atoms with van der Waals surface area (Å²) in [5.41, 5.74) is 0. The number of aromatic nitrogens is 1. The lowest BCUT2D eigenvalue weighted by molar-refractivity contribution is 0.143. The minimum atomic E-state index is -2.31. The first kappa shape index (κ1) is 10.8. The standard InChI is InChI=1S/C9H12F2N2O/c10-8(11)7-12-5-6-14-9-3-1-2-4-13-9/h1-4,8,12H,5-7H2. The van der Waals surface area contributed by atoms with E-state index in [1.807, 2.05) is 0 Å². The Kier molecular flexibility index (Phi) is 4.85. The average Bonchev–Trinajstić information content (AvgIpc) is 2.18. The van der Waals surface area contributed by atoms with Crippen molar-refractivity contribution in [1.82, 2.24) is 10.3 Å². The summed E-state index contributed by atoms with van der Waals surface area (Å²) in [7, 11) is 0. The number of hydrogen-bond acceptors (Lipinski definition) is 3. The van der Waals surface area contributed by atoms with E-state index in [-0.39, 0.29) is 6.54 Å². The van der Waals surface area contributed by atoms with Crippen LogP contribution < -0.4 is 10.1 Å². The van der Waals surface area contributed by atoms with Crippen molar-refractivity contribution in [2.24, 2.45) is 0 Å². The largest absolute Gasteiger partial charge is 0.476 e. The molecule has 1 aromatic rings. The van der Waals surface area contributed by atoms with Gasteiger partial charge in [-0.05, 0) is 6.07 Å². The summed E-state index contributed by atoms with van der Waals surface area (Å²) >= 11 is 0. The number of nitrogens with zero attached hydrogens (tertiary/aromatic N) is 1. The van der Waals surface area contributed by atoms with E-state index in [9.17, 15) is 8.78 Å². The second-order valence-corrected chi connectivity index (χ2v) is 2.61. The molecule has 0 atom stereocenters. The molecule has 0 fully saturated rings. The van der Waals surface area contributed by atoms with Gasteiger partial charge in [-0.2, -0.15) is 0 Å². The highest BCUT2D eigenvalue weighted by atomic mass is 19.3. The zero-order valence-electron chi connectivity index (χ0n) is 7.62. The minimum absolute atomic E-state index is 0.300. The van der Waals surface area contributed by atoms with E-state index in [4.69, 9.17) is 4.74 Å². The van der Waals surface area contributed by atoms with Gasteiger partial charge in [-0.1, -0.05) is 6.07 Å². The Morgan fingerprint density at radius 1 is 1.43 bits per heavy atom. The molecule has 0 aliphatic rings. The van der Waals surface area contributed by atoms with E-state index in [1.165, 1.54) is 0 Å². The molecule has 0 saturated carbocycles. The van der Waals surface area contributed by atoms with Gasteiger partial charge in [0.2, 0.25) is 5.88 Å². The number of ether oxygens (including phenoxy) is 1. The number of alkyl halides is 2. The maximum atomic E-state index is 11.7. The zero-order valence-corrected chi connectivity index (χ0v) is 7.62. The van der Waals surface area contributed by atoms with Crippen LogP contribution in [0.15, 0.2) is 24.4 Å². The fourth-order valence-corrected chi connectivity index (χ4v) is 0.871. The molecular weight excluding hydrogens is 190 g/mol. The first-order valence-electron chi connectivity index (χ1n) is 4.32. The van der Waals surface area contributed by atoms with Crippen molar-refractivity contribution < 1.29 is 13.5 Å². The van der Waals surface area contributed by atoms with Crippen LogP contribution in [0.1, 0.15) is 0 Å². The zero-order chi connectivity index (χ0) is 10.2. The van der Waals surface area contributed by atoms with Crippen molar-refractivity contribution in [3.8, 4) is 5.88 Å². The van der Waals surface area contributed by atoms with Crippen LogP contribution in [0.25, 0.3) is 0 Å². The van der Waals surface area contributed by atoms with Gasteiger partial charge in [-0.15, -0.1) is 0 Å². The molecule has 1 heterocycles. The Bertz CT molecular complexity index is 244. The van der Waals surface area contributed by atoms with Crippen LogP contribution in [-0.4, -0.2) is 31.1 Å². The molecule has 78 valence electrons. The highest BCUT2D eigenvalue weighted by Gasteiger charge is 1.99. The van der Waals surface area contributed by atoms with Gasteiger partial charge in [0.25, 0.3) is 6.43 Å². The SMILES string of the molecule is FC(F)CNCCOc1ccccn1. The van der Waals surface area contributed by atoms with Gasteiger partial charge in [0.15, 0.2) is 0 Å². The summed E-state index contributed by atoms with van der Waals surface area (Å²) in [5.74, 6) is 0.506. The maximum absolute atomic E-state index is 11.7. The van der Waals surface area contributed by atoms with Crippen molar-refractivity contribution >= 4 is 0 Å². The molecule has 1 aromatic heterocycles. The predicted octanol–water partition coefficient (Wildman–Crippen LogP) is 1.32. The quantitative estimate of drug-likeness (QED) is 0.706. The monoisotopic (exact) mass is 202 g/mol. The lowest BCUT2D eigenvalue weighted by Crippen LogP contribution is -2.26. The first-order chi connectivity index (χ1) is 6.79. The highest BCUT2D eigenvalue weighted by Crippen LogP contribution is 2.01. The third-order valence-corrected chi connectivity index (χ3v) is 1.47. The summed E-state index contributed by atoms with van der Waals surface area (Å²) in [5, 5.41) is 2.55. The van der Waals surface area contributed by atoms with Crippen molar-refractivity contribution in [1.29, 1.82) is 0 Å². The third-order valence-electron chi connectivity index (χ3n) is 1.47. The molecule has 0 aliphatic heterocycles. The molecule has 0 saturated heterocycles. The van der Waals surface area contributed by atoms with E-state index < -0.39 is 6.43 Å². The summed E-state index contributed by atoms with van der Waals surface area (Å²) in [4.78, 5) is 3.91. The number of hydrogen-bond donors (Lipinski definition) is 1. The number of rotatable bonds is 6. The van der Waals surface area contributed by atoms with E-state index in [0.717, 1.165) is 0 Å². The van der Waals surface area contributed by atoms with E-state index in [1.54, 1.807) is 24.4 Å². The second kappa shape index (κ2) is 6.26. The molecule has 1 rings (SSSR count). The van der Waals surface area contributed by atoms with Crippen LogP contribution in [0.3, 0.4) is 0 Å². The van der Waals surface area contributed by atoms with Crippen LogP contribution in [0.2, 0.25) is 0 Å². The van der Waals surface area contributed by atoms with E-state index >= 15 is 0 Å². The molecule has 0 amide bonds. The summed E-state index contributed by atoms with van der Waals surface area (Å²) in [6.07, 6.45) is -0.702. The van der Waals surface area contributed by atoms with Crippen LogP contribution in [0, 0.1) is 0 Å². The average molecular weight is 202 g/mol. The second-order valence-electron chi connectivity index (χ2n) is 2.61. The molecule has 0 aliphatic carbocycles. The molecule has 0 spiro atoms. The molecule has 3 nitrogen and oxygen atoms in total. The van der Waals surface area contributed by atoms with Gasteiger partial charge in [-0.3, -0.25) is 0 Å². The van der Waals surface area contributed by atoms with Crippen molar-refractivity contribution in [3.63, 3.8) is 0 Å². The number of nitrogens with one attached hydrogen (secondary N) is 1. The Hall–Kier alpha value is -1.23. The smallest absolute Gasteiger partial charge is 0.250 e. The highest BCUT2D eigenvalue weighted by molar-refractivity contribution is 5.08. The van der Waals surface area contributed by atoms with Crippen molar-refractivity contribution in [2.75, 3.05) is 19.7 Å². The summed E-state index contributed by atoms with van der Waals surface area (Å²) in [6.45, 7) is 0.427. The molecular formula is C9H12F2N2O. The van der Waals surface area contributed by atoms with Crippen LogP contribution >= 0.6 is 0 Å². The molecule has 0 radical (unpaired) electrons. The van der Waals surface area contributed by atoms with Gasteiger partial charge >= 0.3 is 0 Å². The molecule has 0 aromatic carbocycles. The molecule has 14 heavy (non-hydrogen) atoms. The van der Waals surface area contributed by atoms with Crippen LogP contribution in [0.5, 0.6) is 5.88 Å². The van der Waals surface area contributed by atoms with E-state index in [0.29, 0.717) is 19.0 Å². The van der Waals surface area contributed by atoms with Gasteiger partial charge in [0.1, 0.15) is 6.61 Å². The Labute approximate surface area is 81.1 Å². The topological polar surface area (TPSA) is 34.1 Å². The molecule has 1 N–H and O–H groups in total. The minimum Gasteiger partial charge on any atom is -0.476 e. The molecule has 0 bridgehead atoms. The van der Waals surface area contributed by atoms with Crippen molar-refractivity contribution in [2.45, 2.75) is 6.43 Å². The lowest BCUT2D eigenvalue weighted by Gasteiger charge is -2.05. The summed E-state index contributed by atoms with van der Waals surface area (Å²) in [6, 6.07) is 5.30. The fraction of sp³-hybridized carbons (Fsp3) is 0.444. The van der Waals surface area contributed by atoms with Crippen LogP contribution in [0.4, 0.5) is 8.78 Å². The number of halogens is 2. The Morgan fingerprint density at radius 3 is 2.93 bits per heavy atom. The fourth-order valence-electron chi connectivity index (χ4n) is 0.871. The van der Waals surface area contributed by atoms with Gasteiger partial charge < -0.3 is 10.1 Å². The van der Waals surface area contributed by atoms with Gasteiger partial charge in [-0.25, -0.2) is 13.8 Å². The molecule has 5 heteroatoms. The normalized spacial score (nSPS) is 10.5. The predicted molar refractivity (Wildman–Crippen MR) is 48.6 cm³/mol. The van der Waals surface area contributed by atoms with Gasteiger partial charge in [0.05, 0.1) is 6.54 Å². The first-order valence-corrected chi connectivity index (χ1v) is 4.32. The van der Waals surface area contributed by atoms with Gasteiger partial charge in [0, 0.05) is 18.8 Å². The Morgan fingerprint density at radius 2 is 2.29 bits per heavy atom. The third kappa shape index (κ3) is 4.71.